The monoisotopic (exact) mass is 398 g/mol. The molecule has 0 N–H and O–H groups in total. The molecule has 0 fully saturated rings. The summed E-state index contributed by atoms with van der Waals surface area (Å²) in [6.07, 6.45) is -11.0. The number of rotatable bonds is 7. The van der Waals surface area contributed by atoms with Crippen molar-refractivity contribution in [3.8, 4) is 0 Å². The number of hydrogen-bond donors (Lipinski definition) is 0. The van der Waals surface area contributed by atoms with Crippen LogP contribution in [0.4, 0.5) is 39.5 Å². The summed E-state index contributed by atoms with van der Waals surface area (Å²) in [7, 11) is 0. The molecule has 0 amide bonds. The van der Waals surface area contributed by atoms with Gasteiger partial charge in [0.2, 0.25) is 5.12 Å². The summed E-state index contributed by atoms with van der Waals surface area (Å²) in [4.78, 5) is 11.6. The van der Waals surface area contributed by atoms with Crippen LogP contribution in [0.3, 0.4) is 0 Å². The minimum atomic E-state index is -6.22. The van der Waals surface area contributed by atoms with Crippen LogP contribution in [0.1, 0.15) is 23.2 Å². The Morgan fingerprint density at radius 2 is 1.36 bits per heavy atom. The molecule has 0 unspecified atom stereocenters. The molecule has 0 saturated heterocycles. The number of hydrogen-bond acceptors (Lipinski definition) is 2. The summed E-state index contributed by atoms with van der Waals surface area (Å²) in [5, 5.41) is -0.762. The van der Waals surface area contributed by atoms with Crippen LogP contribution in [-0.2, 0) is 0 Å². The van der Waals surface area contributed by atoms with Crippen LogP contribution in [-0.4, -0.2) is 34.8 Å². The van der Waals surface area contributed by atoms with Crippen molar-refractivity contribution in [1.29, 1.82) is 0 Å². The molecule has 0 aromatic heterocycles. The Hall–Kier alpha value is -1.39. The molecule has 1 rings (SSSR count). The van der Waals surface area contributed by atoms with Crippen LogP contribution in [0.25, 0.3) is 0 Å². The maximum Gasteiger partial charge on any atom is 0.395 e. The first-order valence-corrected chi connectivity index (χ1v) is 7.60. The number of thioether (sulfide) groups is 1. The van der Waals surface area contributed by atoms with E-state index in [1.807, 2.05) is 0 Å². The van der Waals surface area contributed by atoms with Gasteiger partial charge in [-0.3, -0.25) is 4.79 Å². The van der Waals surface area contributed by atoms with E-state index in [4.69, 9.17) is 0 Å². The van der Waals surface area contributed by atoms with Crippen molar-refractivity contribution in [3.63, 3.8) is 0 Å². The smallest absolute Gasteiger partial charge is 0.282 e. The third kappa shape index (κ3) is 5.55. The molecule has 11 heteroatoms. The Morgan fingerprint density at radius 3 is 1.84 bits per heavy atom. The SMILES string of the molecule is O=C(SCCC(F)(F)C(F)(F)C(F)(F)CC(F)(F)F)c1ccccc1. The van der Waals surface area contributed by atoms with E-state index in [0.717, 1.165) is 0 Å². The Morgan fingerprint density at radius 1 is 0.840 bits per heavy atom. The lowest BCUT2D eigenvalue weighted by Crippen LogP contribution is -2.55. The van der Waals surface area contributed by atoms with E-state index < -0.39 is 47.7 Å². The molecule has 1 aromatic carbocycles. The molecule has 0 aliphatic rings. The van der Waals surface area contributed by atoms with Crippen LogP contribution in [0, 0.1) is 0 Å². The minimum Gasteiger partial charge on any atom is -0.282 e. The van der Waals surface area contributed by atoms with Gasteiger partial charge in [0.25, 0.3) is 0 Å². The van der Waals surface area contributed by atoms with Gasteiger partial charge in [-0.15, -0.1) is 0 Å². The molecular weight excluding hydrogens is 387 g/mol. The molecule has 0 bridgehead atoms. The van der Waals surface area contributed by atoms with Crippen molar-refractivity contribution >= 4 is 16.9 Å². The standard InChI is InChI=1S/C14H11F9OS/c15-11(16,14(22,23)12(17,18)8-13(19,20)21)6-7-25-10(24)9-4-2-1-3-5-9/h1-5H,6-8H2. The van der Waals surface area contributed by atoms with Gasteiger partial charge in [0, 0.05) is 17.7 Å². The summed E-state index contributed by atoms with van der Waals surface area (Å²) in [5.74, 6) is -18.6. The quantitative estimate of drug-likeness (QED) is 0.540. The van der Waals surface area contributed by atoms with Gasteiger partial charge in [-0.2, -0.15) is 39.5 Å². The lowest BCUT2D eigenvalue weighted by atomic mass is 9.99. The molecule has 0 atom stereocenters. The van der Waals surface area contributed by atoms with Gasteiger partial charge in [0.1, 0.15) is 6.42 Å². The zero-order valence-corrected chi connectivity index (χ0v) is 13.0. The lowest BCUT2D eigenvalue weighted by Gasteiger charge is -2.33. The van der Waals surface area contributed by atoms with Crippen molar-refractivity contribution in [1.82, 2.24) is 0 Å². The van der Waals surface area contributed by atoms with Crippen LogP contribution in [0.5, 0.6) is 0 Å². The Kier molecular flexibility index (Phi) is 6.47. The molecular formula is C14H11F9OS. The number of carbonyl (C=O) groups is 1. The van der Waals surface area contributed by atoms with E-state index in [9.17, 15) is 44.3 Å². The summed E-state index contributed by atoms with van der Waals surface area (Å²) in [5.41, 5.74) is 0.0741. The van der Waals surface area contributed by atoms with Crippen molar-refractivity contribution in [2.24, 2.45) is 0 Å². The lowest BCUT2D eigenvalue weighted by molar-refractivity contribution is -0.331. The van der Waals surface area contributed by atoms with Crippen LogP contribution < -0.4 is 0 Å². The molecule has 0 radical (unpaired) electrons. The van der Waals surface area contributed by atoms with Crippen LogP contribution in [0.15, 0.2) is 30.3 Å². The average molecular weight is 398 g/mol. The second-order valence-corrected chi connectivity index (χ2v) is 6.09. The summed E-state index contributed by atoms with van der Waals surface area (Å²) in [6, 6.07) is 7.10. The number of halogens is 9. The summed E-state index contributed by atoms with van der Waals surface area (Å²) >= 11 is 0.177. The largest absolute Gasteiger partial charge is 0.395 e. The molecule has 0 aliphatic carbocycles. The average Bonchev–Trinajstić information content (AvgIpc) is 2.45. The second kappa shape index (κ2) is 7.46. The van der Waals surface area contributed by atoms with Crippen molar-refractivity contribution in [2.45, 2.75) is 36.8 Å². The van der Waals surface area contributed by atoms with Gasteiger partial charge in [0.05, 0.1) is 0 Å². The number of benzene rings is 1. The fourth-order valence-electron chi connectivity index (χ4n) is 1.72. The highest BCUT2D eigenvalue weighted by molar-refractivity contribution is 8.14. The topological polar surface area (TPSA) is 17.1 Å². The molecule has 142 valence electrons. The van der Waals surface area contributed by atoms with E-state index >= 15 is 0 Å². The summed E-state index contributed by atoms with van der Waals surface area (Å²) < 4.78 is 115. The van der Waals surface area contributed by atoms with E-state index in [1.54, 1.807) is 6.07 Å². The van der Waals surface area contributed by atoms with Crippen molar-refractivity contribution < 1.29 is 44.3 Å². The van der Waals surface area contributed by atoms with Gasteiger partial charge in [-0.1, -0.05) is 42.1 Å². The number of carbonyl (C=O) groups excluding carboxylic acids is 1. The maximum atomic E-state index is 13.4. The molecule has 0 aliphatic heterocycles. The zero-order valence-electron chi connectivity index (χ0n) is 12.2. The number of alkyl halides is 9. The Labute approximate surface area is 140 Å². The first-order valence-electron chi connectivity index (χ1n) is 6.62. The van der Waals surface area contributed by atoms with Crippen LogP contribution >= 0.6 is 11.8 Å². The van der Waals surface area contributed by atoms with Gasteiger partial charge in [-0.25, -0.2) is 0 Å². The van der Waals surface area contributed by atoms with E-state index in [2.05, 4.69) is 0 Å². The van der Waals surface area contributed by atoms with Crippen LogP contribution in [0.2, 0.25) is 0 Å². The highest BCUT2D eigenvalue weighted by Crippen LogP contribution is 2.51. The maximum absolute atomic E-state index is 13.4. The third-order valence-corrected chi connectivity index (χ3v) is 3.91. The van der Waals surface area contributed by atoms with Crippen molar-refractivity contribution in [2.75, 3.05) is 5.75 Å². The van der Waals surface area contributed by atoms with Gasteiger partial charge in [0.15, 0.2) is 0 Å². The molecule has 0 spiro atoms. The molecule has 0 heterocycles. The van der Waals surface area contributed by atoms with E-state index in [1.165, 1.54) is 24.3 Å². The normalized spacial score (nSPS) is 13.8. The van der Waals surface area contributed by atoms with E-state index in [0.29, 0.717) is 0 Å². The summed E-state index contributed by atoms with van der Waals surface area (Å²) in [6.45, 7) is 0. The molecule has 1 aromatic rings. The zero-order chi connectivity index (χ0) is 19.5. The predicted octanol–water partition coefficient (Wildman–Crippen LogP) is 5.81. The molecule has 25 heavy (non-hydrogen) atoms. The fraction of sp³-hybridized carbons (Fsp3) is 0.500. The highest BCUT2D eigenvalue weighted by Gasteiger charge is 2.72. The molecule has 0 saturated carbocycles. The highest BCUT2D eigenvalue weighted by atomic mass is 32.2. The fourth-order valence-corrected chi connectivity index (χ4v) is 2.56. The second-order valence-electron chi connectivity index (χ2n) is 5.03. The van der Waals surface area contributed by atoms with Gasteiger partial charge >= 0.3 is 23.9 Å². The first kappa shape index (κ1) is 21.7. The van der Waals surface area contributed by atoms with Gasteiger partial charge in [-0.05, 0) is 0 Å². The molecule has 1 nitrogen and oxygen atoms in total. The predicted molar refractivity (Wildman–Crippen MR) is 73.4 cm³/mol. The third-order valence-electron chi connectivity index (χ3n) is 3.00. The minimum absolute atomic E-state index is 0.0741. The van der Waals surface area contributed by atoms with E-state index in [-0.39, 0.29) is 17.3 Å². The Balaban J connectivity index is 2.74. The Bertz CT molecular complexity index is 584. The first-order chi connectivity index (χ1) is 11.2. The van der Waals surface area contributed by atoms with Gasteiger partial charge < -0.3 is 0 Å². The van der Waals surface area contributed by atoms with Crippen molar-refractivity contribution in [3.05, 3.63) is 35.9 Å².